The molecule has 1 aliphatic heterocycles. The van der Waals surface area contributed by atoms with Crippen LogP contribution in [0.1, 0.15) is 33.3 Å². The molecule has 0 saturated heterocycles. The summed E-state index contributed by atoms with van der Waals surface area (Å²) in [5.74, 6) is -0.965. The zero-order valence-electron chi connectivity index (χ0n) is 15.2. The van der Waals surface area contributed by atoms with Crippen molar-refractivity contribution in [2.24, 2.45) is 0 Å². The average molecular weight is 386 g/mol. The van der Waals surface area contributed by atoms with Gasteiger partial charge in [-0.25, -0.2) is 4.39 Å². The van der Waals surface area contributed by atoms with Crippen LogP contribution in [0.3, 0.4) is 0 Å². The van der Waals surface area contributed by atoms with Crippen molar-refractivity contribution in [2.45, 2.75) is 12.6 Å². The largest absolute Gasteiger partial charge is 0.450 e. The quantitative estimate of drug-likeness (QED) is 0.532. The summed E-state index contributed by atoms with van der Waals surface area (Å²) in [5.41, 5.74) is 1.21. The molecule has 0 saturated carbocycles. The monoisotopic (exact) mass is 386 g/mol. The van der Waals surface area contributed by atoms with Gasteiger partial charge in [-0.05, 0) is 29.8 Å². The summed E-state index contributed by atoms with van der Waals surface area (Å²) in [7, 11) is 0. The molecule has 142 valence electrons. The first-order valence-corrected chi connectivity index (χ1v) is 9.15. The van der Waals surface area contributed by atoms with Gasteiger partial charge in [0.2, 0.25) is 5.76 Å². The molecule has 0 N–H and O–H groups in total. The first-order valence-electron chi connectivity index (χ1n) is 9.15. The van der Waals surface area contributed by atoms with E-state index in [1.807, 2.05) is 6.07 Å². The summed E-state index contributed by atoms with van der Waals surface area (Å²) in [4.78, 5) is 32.1. The summed E-state index contributed by atoms with van der Waals surface area (Å²) in [6.07, 6.45) is 3.27. The number of nitrogens with zero attached hydrogens (tertiary/aromatic N) is 2. The smallest absolute Gasteiger partial charge is 0.291 e. The van der Waals surface area contributed by atoms with E-state index in [1.54, 1.807) is 60.9 Å². The van der Waals surface area contributed by atoms with Gasteiger partial charge in [0.15, 0.2) is 5.43 Å². The lowest BCUT2D eigenvalue weighted by Crippen LogP contribution is -2.29. The number of aromatic nitrogens is 1. The fourth-order valence-electron chi connectivity index (χ4n) is 3.84. The Morgan fingerprint density at radius 1 is 1.00 bits per heavy atom. The molecule has 1 atom stereocenters. The first kappa shape index (κ1) is 17.3. The van der Waals surface area contributed by atoms with Crippen molar-refractivity contribution in [1.82, 2.24) is 9.88 Å². The second kappa shape index (κ2) is 6.67. The Balaban J connectivity index is 1.76. The topological polar surface area (TPSA) is 63.4 Å². The third-order valence-electron chi connectivity index (χ3n) is 5.15. The lowest BCUT2D eigenvalue weighted by molar-refractivity contribution is 0.0712. The van der Waals surface area contributed by atoms with Crippen LogP contribution in [0.5, 0.6) is 0 Å². The summed E-state index contributed by atoms with van der Waals surface area (Å²) < 4.78 is 20.6. The van der Waals surface area contributed by atoms with Crippen molar-refractivity contribution in [2.75, 3.05) is 0 Å². The van der Waals surface area contributed by atoms with E-state index in [1.165, 1.54) is 11.0 Å². The van der Waals surface area contributed by atoms with Crippen LogP contribution in [0, 0.1) is 5.82 Å². The maximum Gasteiger partial charge on any atom is 0.291 e. The molecule has 0 bridgehead atoms. The molecule has 5 nitrogen and oxygen atoms in total. The van der Waals surface area contributed by atoms with Crippen molar-refractivity contribution < 1.29 is 13.6 Å². The summed E-state index contributed by atoms with van der Waals surface area (Å²) in [6, 6.07) is 15.6. The van der Waals surface area contributed by atoms with E-state index in [4.69, 9.17) is 4.42 Å². The molecule has 0 aliphatic carbocycles. The van der Waals surface area contributed by atoms with Crippen LogP contribution >= 0.6 is 0 Å². The number of carbonyl (C=O) groups is 1. The minimum Gasteiger partial charge on any atom is -0.450 e. The minimum atomic E-state index is -0.875. The lowest BCUT2D eigenvalue weighted by atomic mass is 9.98. The van der Waals surface area contributed by atoms with Crippen molar-refractivity contribution in [3.63, 3.8) is 0 Å². The fourth-order valence-corrected chi connectivity index (χ4v) is 3.84. The number of para-hydroxylation sites is 1. The fraction of sp³-hybridized carbons (Fsp3) is 0.0870. The predicted molar refractivity (Wildman–Crippen MR) is 105 cm³/mol. The van der Waals surface area contributed by atoms with E-state index < -0.39 is 17.8 Å². The zero-order chi connectivity index (χ0) is 20.0. The highest BCUT2D eigenvalue weighted by atomic mass is 19.1. The Morgan fingerprint density at radius 3 is 2.59 bits per heavy atom. The first-order chi connectivity index (χ1) is 14.1. The molecule has 4 aromatic rings. The molecule has 6 heteroatoms. The van der Waals surface area contributed by atoms with Gasteiger partial charge < -0.3 is 9.32 Å². The summed E-state index contributed by atoms with van der Waals surface area (Å²) >= 11 is 0. The van der Waals surface area contributed by atoms with Gasteiger partial charge in [0.05, 0.1) is 17.0 Å². The van der Waals surface area contributed by atoms with Crippen LogP contribution in [0.15, 0.2) is 82.3 Å². The van der Waals surface area contributed by atoms with E-state index >= 15 is 0 Å². The molecule has 29 heavy (non-hydrogen) atoms. The lowest BCUT2D eigenvalue weighted by Gasteiger charge is -2.25. The number of rotatable bonds is 3. The van der Waals surface area contributed by atoms with E-state index in [9.17, 15) is 14.0 Å². The zero-order valence-corrected chi connectivity index (χ0v) is 15.2. The molecule has 1 amide bonds. The molecular formula is C23H15FN2O3. The van der Waals surface area contributed by atoms with Crippen LogP contribution in [0.2, 0.25) is 0 Å². The van der Waals surface area contributed by atoms with Crippen molar-refractivity contribution in [3.05, 3.63) is 112 Å². The molecule has 0 spiro atoms. The Hall–Kier alpha value is -3.80. The molecule has 3 heterocycles. The number of pyridine rings is 1. The Bertz CT molecular complexity index is 1300. The number of hydrogen-bond acceptors (Lipinski definition) is 4. The third-order valence-corrected chi connectivity index (χ3v) is 5.15. The van der Waals surface area contributed by atoms with Gasteiger partial charge >= 0.3 is 0 Å². The Kier molecular flexibility index (Phi) is 3.98. The molecule has 2 aromatic carbocycles. The van der Waals surface area contributed by atoms with Crippen molar-refractivity contribution in [3.8, 4) is 0 Å². The van der Waals surface area contributed by atoms with Gasteiger partial charge in [0.25, 0.3) is 5.91 Å². The van der Waals surface area contributed by atoms with Gasteiger partial charge in [-0.15, -0.1) is 0 Å². The normalized spacial score (nSPS) is 15.7. The standard InChI is InChI=1S/C23H15FN2O3/c24-17-9-3-1-7-15(17)20-19-21(27)16-8-2-4-10-18(16)29-22(19)23(28)26(20)13-14-6-5-11-25-12-14/h1-12,20H,13H2. The number of halogens is 1. The molecule has 0 radical (unpaired) electrons. The average Bonchev–Trinajstić information content (AvgIpc) is 3.01. The van der Waals surface area contributed by atoms with E-state index in [2.05, 4.69) is 4.98 Å². The maximum absolute atomic E-state index is 14.7. The molecule has 5 rings (SSSR count). The molecule has 1 aliphatic rings. The SMILES string of the molecule is O=C1c2oc3ccccc3c(=O)c2C(c2ccccc2F)N1Cc1cccnc1. The minimum absolute atomic E-state index is 0.0363. The van der Waals surface area contributed by atoms with Crippen molar-refractivity contribution >= 4 is 16.9 Å². The van der Waals surface area contributed by atoms with Gasteiger partial charge in [-0.1, -0.05) is 36.4 Å². The Morgan fingerprint density at radius 2 is 1.79 bits per heavy atom. The number of benzene rings is 2. The van der Waals surface area contributed by atoms with Gasteiger partial charge in [0, 0.05) is 24.5 Å². The summed E-state index contributed by atoms with van der Waals surface area (Å²) in [6.45, 7) is 0.172. The van der Waals surface area contributed by atoms with Crippen LogP contribution in [-0.2, 0) is 6.54 Å². The maximum atomic E-state index is 14.7. The predicted octanol–water partition coefficient (Wildman–Crippen LogP) is 4.07. The molecule has 0 fully saturated rings. The number of amides is 1. The van der Waals surface area contributed by atoms with Crippen LogP contribution in [-0.4, -0.2) is 15.8 Å². The summed E-state index contributed by atoms with van der Waals surface area (Å²) in [5, 5.41) is 0.364. The second-order valence-corrected chi connectivity index (χ2v) is 6.89. The van der Waals surface area contributed by atoms with Crippen LogP contribution in [0.25, 0.3) is 11.0 Å². The van der Waals surface area contributed by atoms with Gasteiger partial charge in [-0.3, -0.25) is 14.6 Å². The number of fused-ring (bicyclic) bond motifs is 2. The molecular weight excluding hydrogens is 371 g/mol. The highest BCUT2D eigenvalue weighted by Gasteiger charge is 2.43. The van der Waals surface area contributed by atoms with Crippen LogP contribution < -0.4 is 5.43 Å². The third kappa shape index (κ3) is 2.72. The number of carbonyl (C=O) groups excluding carboxylic acids is 1. The second-order valence-electron chi connectivity index (χ2n) is 6.89. The molecule has 1 unspecified atom stereocenters. The van der Waals surface area contributed by atoms with E-state index in [-0.39, 0.29) is 28.9 Å². The Labute approximate surface area is 165 Å². The van der Waals surface area contributed by atoms with Crippen LogP contribution in [0.4, 0.5) is 4.39 Å². The number of hydrogen-bond donors (Lipinski definition) is 0. The van der Waals surface area contributed by atoms with Gasteiger partial charge in [-0.2, -0.15) is 0 Å². The molecule has 2 aromatic heterocycles. The highest BCUT2D eigenvalue weighted by Crippen LogP contribution is 2.39. The van der Waals surface area contributed by atoms with Gasteiger partial charge in [0.1, 0.15) is 11.4 Å². The van der Waals surface area contributed by atoms with Crippen molar-refractivity contribution in [1.29, 1.82) is 0 Å². The van der Waals surface area contributed by atoms with E-state index in [0.717, 1.165) is 5.56 Å². The highest BCUT2D eigenvalue weighted by molar-refractivity contribution is 5.99. The van der Waals surface area contributed by atoms with E-state index in [0.29, 0.717) is 11.0 Å².